The minimum Gasteiger partial charge on any atom is -0.396 e. The molecule has 1 amide bonds. The monoisotopic (exact) mass is 239 g/mol. The number of aliphatic hydroxyl groups excluding tert-OH is 1. The molecule has 0 heterocycles. The van der Waals surface area contributed by atoms with Crippen LogP contribution in [0.4, 0.5) is 4.39 Å². The third-order valence-electron chi connectivity index (χ3n) is 2.59. The molecule has 0 saturated heterocycles. The molecule has 0 aromatic heterocycles. The lowest BCUT2D eigenvalue weighted by Crippen LogP contribution is -2.36. The molecule has 4 heteroatoms. The summed E-state index contributed by atoms with van der Waals surface area (Å²) in [4.78, 5) is 11.8. The Labute approximate surface area is 101 Å². The zero-order chi connectivity index (χ0) is 13.1. The number of rotatable bonds is 4. The van der Waals surface area contributed by atoms with Crippen molar-refractivity contribution < 1.29 is 14.3 Å². The SMILES string of the molecule is Cc1cc(F)ccc1C(=O)NCC(C)(C)CO. The molecular weight excluding hydrogens is 221 g/mol. The lowest BCUT2D eigenvalue weighted by molar-refractivity contribution is 0.0910. The predicted molar refractivity (Wildman–Crippen MR) is 64.3 cm³/mol. The first kappa shape index (κ1) is 13.6. The first-order chi connectivity index (χ1) is 7.85. The van der Waals surface area contributed by atoms with Crippen LogP contribution in [-0.4, -0.2) is 24.2 Å². The van der Waals surface area contributed by atoms with Crippen molar-refractivity contribution in [3.8, 4) is 0 Å². The molecule has 94 valence electrons. The average molecular weight is 239 g/mol. The van der Waals surface area contributed by atoms with Crippen molar-refractivity contribution in [2.75, 3.05) is 13.2 Å². The smallest absolute Gasteiger partial charge is 0.251 e. The number of carbonyl (C=O) groups excluding carboxylic acids is 1. The zero-order valence-corrected chi connectivity index (χ0v) is 10.4. The predicted octanol–water partition coefficient (Wildman–Crippen LogP) is 1.88. The minimum absolute atomic E-state index is 0.00429. The van der Waals surface area contributed by atoms with Crippen LogP contribution in [0.15, 0.2) is 18.2 Å². The van der Waals surface area contributed by atoms with Gasteiger partial charge in [0.2, 0.25) is 0 Å². The summed E-state index contributed by atoms with van der Waals surface area (Å²) in [6.07, 6.45) is 0. The van der Waals surface area contributed by atoms with Crippen LogP contribution in [0.5, 0.6) is 0 Å². The van der Waals surface area contributed by atoms with E-state index in [0.717, 1.165) is 0 Å². The standard InChI is InChI=1S/C13H18FNO2/c1-9-6-10(14)4-5-11(9)12(17)15-7-13(2,3)8-16/h4-6,16H,7-8H2,1-3H3,(H,15,17). The summed E-state index contributed by atoms with van der Waals surface area (Å²) in [7, 11) is 0. The summed E-state index contributed by atoms with van der Waals surface area (Å²) < 4.78 is 12.9. The fourth-order valence-electron chi connectivity index (χ4n) is 1.35. The lowest BCUT2D eigenvalue weighted by Gasteiger charge is -2.22. The maximum absolute atomic E-state index is 12.9. The molecule has 0 radical (unpaired) electrons. The summed E-state index contributed by atoms with van der Waals surface area (Å²) >= 11 is 0. The van der Waals surface area contributed by atoms with Gasteiger partial charge in [-0.05, 0) is 30.7 Å². The number of hydrogen-bond donors (Lipinski definition) is 2. The van der Waals surface area contributed by atoms with Gasteiger partial charge in [0.1, 0.15) is 5.82 Å². The highest BCUT2D eigenvalue weighted by Crippen LogP contribution is 2.13. The number of nitrogens with one attached hydrogen (secondary N) is 1. The quantitative estimate of drug-likeness (QED) is 0.843. The van der Waals surface area contributed by atoms with Crippen molar-refractivity contribution in [2.45, 2.75) is 20.8 Å². The first-order valence-corrected chi connectivity index (χ1v) is 5.51. The van der Waals surface area contributed by atoms with Crippen LogP contribution >= 0.6 is 0 Å². The van der Waals surface area contributed by atoms with Crippen LogP contribution in [0.1, 0.15) is 29.8 Å². The van der Waals surface area contributed by atoms with Gasteiger partial charge in [0, 0.05) is 24.1 Å². The van der Waals surface area contributed by atoms with E-state index in [9.17, 15) is 9.18 Å². The van der Waals surface area contributed by atoms with Gasteiger partial charge in [0.05, 0.1) is 0 Å². The van der Waals surface area contributed by atoms with Crippen LogP contribution in [0.3, 0.4) is 0 Å². The molecule has 0 atom stereocenters. The van der Waals surface area contributed by atoms with Gasteiger partial charge >= 0.3 is 0 Å². The normalized spacial score (nSPS) is 11.4. The van der Waals surface area contributed by atoms with E-state index in [0.29, 0.717) is 17.7 Å². The largest absolute Gasteiger partial charge is 0.396 e. The van der Waals surface area contributed by atoms with E-state index in [4.69, 9.17) is 5.11 Å². The van der Waals surface area contributed by atoms with Crippen LogP contribution < -0.4 is 5.32 Å². The molecule has 0 bridgehead atoms. The van der Waals surface area contributed by atoms with E-state index in [1.807, 2.05) is 13.8 Å². The summed E-state index contributed by atoms with van der Waals surface area (Å²) in [5.74, 6) is -0.598. The Bertz CT molecular complexity index is 416. The van der Waals surface area contributed by atoms with E-state index in [2.05, 4.69) is 5.32 Å². The number of aryl methyl sites for hydroxylation is 1. The van der Waals surface area contributed by atoms with Gasteiger partial charge in [0.25, 0.3) is 5.91 Å². The fraction of sp³-hybridized carbons (Fsp3) is 0.462. The summed E-state index contributed by atoms with van der Waals surface area (Å²) in [5, 5.41) is 11.8. The van der Waals surface area contributed by atoms with Crippen molar-refractivity contribution in [1.29, 1.82) is 0 Å². The van der Waals surface area contributed by atoms with Crippen LogP contribution in [0.25, 0.3) is 0 Å². The molecule has 1 aromatic rings. The molecule has 17 heavy (non-hydrogen) atoms. The van der Waals surface area contributed by atoms with Crippen molar-refractivity contribution in [3.05, 3.63) is 35.1 Å². The number of hydrogen-bond acceptors (Lipinski definition) is 2. The van der Waals surface area contributed by atoms with Gasteiger partial charge in [-0.3, -0.25) is 4.79 Å². The number of benzene rings is 1. The molecular formula is C13H18FNO2. The van der Waals surface area contributed by atoms with E-state index in [1.54, 1.807) is 6.92 Å². The van der Waals surface area contributed by atoms with Gasteiger partial charge in [-0.15, -0.1) is 0 Å². The van der Waals surface area contributed by atoms with E-state index >= 15 is 0 Å². The Balaban J connectivity index is 2.71. The van der Waals surface area contributed by atoms with Crippen LogP contribution in [0.2, 0.25) is 0 Å². The molecule has 0 aliphatic rings. The first-order valence-electron chi connectivity index (χ1n) is 5.51. The van der Waals surface area contributed by atoms with Gasteiger partial charge in [-0.2, -0.15) is 0 Å². The van der Waals surface area contributed by atoms with Gasteiger partial charge in [-0.25, -0.2) is 4.39 Å². The molecule has 0 aliphatic heterocycles. The second-order valence-electron chi connectivity index (χ2n) is 4.96. The van der Waals surface area contributed by atoms with Gasteiger partial charge in [0.15, 0.2) is 0 Å². The molecule has 0 fully saturated rings. The Morgan fingerprint density at radius 3 is 2.65 bits per heavy atom. The average Bonchev–Trinajstić information content (AvgIpc) is 2.26. The third kappa shape index (κ3) is 3.82. The number of amides is 1. The highest BCUT2D eigenvalue weighted by molar-refractivity contribution is 5.95. The molecule has 1 aromatic carbocycles. The Kier molecular flexibility index (Phi) is 4.23. The second-order valence-corrected chi connectivity index (χ2v) is 4.96. The van der Waals surface area contributed by atoms with Crippen LogP contribution in [-0.2, 0) is 0 Å². The molecule has 0 saturated carbocycles. The van der Waals surface area contributed by atoms with Crippen molar-refractivity contribution in [1.82, 2.24) is 5.32 Å². The Morgan fingerprint density at radius 1 is 1.47 bits per heavy atom. The van der Waals surface area contributed by atoms with Gasteiger partial charge in [-0.1, -0.05) is 13.8 Å². The lowest BCUT2D eigenvalue weighted by atomic mass is 9.95. The molecule has 2 N–H and O–H groups in total. The van der Waals surface area contributed by atoms with E-state index in [-0.39, 0.29) is 23.7 Å². The fourth-order valence-corrected chi connectivity index (χ4v) is 1.35. The Hall–Kier alpha value is -1.42. The van der Waals surface area contributed by atoms with E-state index in [1.165, 1.54) is 18.2 Å². The van der Waals surface area contributed by atoms with Crippen molar-refractivity contribution in [3.63, 3.8) is 0 Å². The molecule has 1 rings (SSSR count). The number of aliphatic hydroxyl groups is 1. The highest BCUT2D eigenvalue weighted by Gasteiger charge is 2.18. The minimum atomic E-state index is -0.358. The van der Waals surface area contributed by atoms with Crippen molar-refractivity contribution >= 4 is 5.91 Å². The maximum Gasteiger partial charge on any atom is 0.251 e. The highest BCUT2D eigenvalue weighted by atomic mass is 19.1. The number of halogens is 1. The second kappa shape index (κ2) is 5.27. The summed E-state index contributed by atoms with van der Waals surface area (Å²) in [6.45, 7) is 5.76. The maximum atomic E-state index is 12.9. The van der Waals surface area contributed by atoms with E-state index < -0.39 is 0 Å². The third-order valence-corrected chi connectivity index (χ3v) is 2.59. The summed E-state index contributed by atoms with van der Waals surface area (Å²) in [6, 6.07) is 4.05. The van der Waals surface area contributed by atoms with Crippen LogP contribution in [0, 0.1) is 18.2 Å². The van der Waals surface area contributed by atoms with Gasteiger partial charge < -0.3 is 10.4 Å². The number of carbonyl (C=O) groups is 1. The summed E-state index contributed by atoms with van der Waals surface area (Å²) in [5.41, 5.74) is 0.702. The molecule has 3 nitrogen and oxygen atoms in total. The molecule has 0 spiro atoms. The molecule has 0 aliphatic carbocycles. The van der Waals surface area contributed by atoms with Crippen molar-refractivity contribution in [2.24, 2.45) is 5.41 Å². The topological polar surface area (TPSA) is 49.3 Å². The molecule has 0 unspecified atom stereocenters. The zero-order valence-electron chi connectivity index (χ0n) is 10.4. The Morgan fingerprint density at radius 2 is 2.12 bits per heavy atom.